The van der Waals surface area contributed by atoms with Gasteiger partial charge in [0.2, 0.25) is 0 Å². The molecule has 5 heteroatoms. The average Bonchev–Trinajstić information content (AvgIpc) is 3.35. The van der Waals surface area contributed by atoms with Crippen molar-refractivity contribution in [3.05, 3.63) is 23.8 Å². The van der Waals surface area contributed by atoms with Gasteiger partial charge in [-0.3, -0.25) is 0 Å². The van der Waals surface area contributed by atoms with Crippen LogP contribution in [0.4, 0.5) is 8.78 Å². The number of benzene rings is 1. The Labute approximate surface area is 136 Å². The maximum absolute atomic E-state index is 12.6. The van der Waals surface area contributed by atoms with Gasteiger partial charge in [0.1, 0.15) is 0 Å². The normalized spacial score (nSPS) is 16.7. The number of ether oxygens (including phenoxy) is 2. The zero-order valence-corrected chi connectivity index (χ0v) is 13.6. The van der Waals surface area contributed by atoms with Crippen molar-refractivity contribution in [1.29, 1.82) is 5.26 Å². The summed E-state index contributed by atoms with van der Waals surface area (Å²) in [6.45, 7) is 1.60. The zero-order valence-electron chi connectivity index (χ0n) is 13.6. The predicted octanol–water partition coefficient (Wildman–Crippen LogP) is 5.05. The van der Waals surface area contributed by atoms with Crippen LogP contribution in [0.1, 0.15) is 51.5 Å². The lowest BCUT2D eigenvalue weighted by Gasteiger charge is -2.26. The first kappa shape index (κ1) is 17.5. The van der Waals surface area contributed by atoms with Crippen molar-refractivity contribution < 1.29 is 18.3 Å². The number of halogens is 2. The van der Waals surface area contributed by atoms with Crippen LogP contribution in [0.15, 0.2) is 18.2 Å². The third-order valence-electron chi connectivity index (χ3n) is 4.38. The summed E-state index contributed by atoms with van der Waals surface area (Å²) in [5.74, 6) is 0.836. The number of nitrogens with zero attached hydrogens (tertiary/aromatic N) is 1. The maximum atomic E-state index is 12.6. The summed E-state index contributed by atoms with van der Waals surface area (Å²) in [4.78, 5) is 0. The summed E-state index contributed by atoms with van der Waals surface area (Å²) in [6.07, 6.45) is 4.47. The smallest absolute Gasteiger partial charge is 0.387 e. The van der Waals surface area contributed by atoms with E-state index in [-0.39, 0.29) is 5.75 Å². The third kappa shape index (κ3) is 4.34. The Bertz CT molecular complexity index is 567. The summed E-state index contributed by atoms with van der Waals surface area (Å²) < 4.78 is 35.4. The van der Waals surface area contributed by atoms with E-state index in [1.54, 1.807) is 12.1 Å². The van der Waals surface area contributed by atoms with E-state index in [4.69, 9.17) is 4.74 Å². The molecule has 0 aromatic heterocycles. The van der Waals surface area contributed by atoms with Crippen LogP contribution in [0.25, 0.3) is 0 Å². The summed E-state index contributed by atoms with van der Waals surface area (Å²) in [5, 5.41) is 9.65. The molecule has 23 heavy (non-hydrogen) atoms. The van der Waals surface area contributed by atoms with E-state index in [1.165, 1.54) is 6.07 Å². The second-order valence-corrected chi connectivity index (χ2v) is 6.09. The van der Waals surface area contributed by atoms with Gasteiger partial charge in [-0.25, -0.2) is 0 Å². The van der Waals surface area contributed by atoms with Gasteiger partial charge in [0.05, 0.1) is 18.1 Å². The fourth-order valence-electron chi connectivity index (χ4n) is 2.76. The van der Waals surface area contributed by atoms with Gasteiger partial charge in [-0.05, 0) is 49.3 Å². The SMILES string of the molecule is CCCC(C#N)(CC)c1ccc(OC(F)F)c(OCC2CC2)c1. The molecular formula is C18H23F2NO2. The van der Waals surface area contributed by atoms with Crippen LogP contribution in [-0.4, -0.2) is 13.2 Å². The average molecular weight is 323 g/mol. The van der Waals surface area contributed by atoms with Gasteiger partial charge in [0.25, 0.3) is 0 Å². The Balaban J connectivity index is 2.32. The number of hydrogen-bond donors (Lipinski definition) is 0. The van der Waals surface area contributed by atoms with E-state index in [0.29, 0.717) is 24.7 Å². The lowest BCUT2D eigenvalue weighted by molar-refractivity contribution is -0.0515. The highest BCUT2D eigenvalue weighted by molar-refractivity contribution is 5.47. The third-order valence-corrected chi connectivity index (χ3v) is 4.38. The Morgan fingerprint density at radius 1 is 1.30 bits per heavy atom. The van der Waals surface area contributed by atoms with Crippen molar-refractivity contribution in [2.75, 3.05) is 6.61 Å². The molecule has 0 bridgehead atoms. The van der Waals surface area contributed by atoms with Crippen LogP contribution in [0.3, 0.4) is 0 Å². The van der Waals surface area contributed by atoms with Crippen LogP contribution >= 0.6 is 0 Å². The molecule has 1 fully saturated rings. The van der Waals surface area contributed by atoms with Gasteiger partial charge in [0.15, 0.2) is 11.5 Å². The van der Waals surface area contributed by atoms with E-state index < -0.39 is 12.0 Å². The monoisotopic (exact) mass is 323 g/mol. The highest BCUT2D eigenvalue weighted by atomic mass is 19.3. The van der Waals surface area contributed by atoms with Gasteiger partial charge in [0, 0.05) is 0 Å². The fourth-order valence-corrected chi connectivity index (χ4v) is 2.76. The molecule has 0 heterocycles. The molecule has 2 rings (SSSR count). The summed E-state index contributed by atoms with van der Waals surface area (Å²) >= 11 is 0. The standard InChI is InChI=1S/C18H23F2NO2/c1-3-9-18(4-2,12-21)14-7-8-15(23-17(19)20)16(10-14)22-11-13-5-6-13/h7-8,10,13,17H,3-6,9,11H2,1-2H3. The Hall–Kier alpha value is -1.83. The predicted molar refractivity (Wildman–Crippen MR) is 83.8 cm³/mol. The second-order valence-electron chi connectivity index (χ2n) is 6.09. The Kier molecular flexibility index (Phi) is 5.81. The highest BCUT2D eigenvalue weighted by Crippen LogP contribution is 2.39. The lowest BCUT2D eigenvalue weighted by Crippen LogP contribution is -2.23. The molecule has 0 aliphatic heterocycles. The molecule has 0 spiro atoms. The number of nitriles is 1. The molecule has 3 nitrogen and oxygen atoms in total. The van der Waals surface area contributed by atoms with E-state index in [0.717, 1.165) is 31.2 Å². The van der Waals surface area contributed by atoms with Gasteiger partial charge in [-0.15, -0.1) is 0 Å². The van der Waals surface area contributed by atoms with Crippen molar-refractivity contribution >= 4 is 0 Å². The quantitative estimate of drug-likeness (QED) is 0.639. The van der Waals surface area contributed by atoms with E-state index in [2.05, 4.69) is 10.8 Å². The maximum Gasteiger partial charge on any atom is 0.387 e. The molecule has 1 aromatic carbocycles. The van der Waals surface area contributed by atoms with Gasteiger partial charge in [-0.2, -0.15) is 14.0 Å². The first-order valence-corrected chi connectivity index (χ1v) is 8.18. The number of alkyl halides is 2. The zero-order chi connectivity index (χ0) is 16.9. The summed E-state index contributed by atoms with van der Waals surface area (Å²) in [6, 6.07) is 7.29. The lowest BCUT2D eigenvalue weighted by atomic mass is 9.76. The molecule has 1 saturated carbocycles. The first-order valence-electron chi connectivity index (χ1n) is 8.18. The van der Waals surface area contributed by atoms with Crippen molar-refractivity contribution in [3.63, 3.8) is 0 Å². The number of rotatable bonds is 9. The summed E-state index contributed by atoms with van der Waals surface area (Å²) in [5.41, 5.74) is 0.187. The van der Waals surface area contributed by atoms with Gasteiger partial charge in [-0.1, -0.05) is 26.3 Å². The van der Waals surface area contributed by atoms with E-state index in [1.807, 2.05) is 13.8 Å². The van der Waals surface area contributed by atoms with Gasteiger partial charge >= 0.3 is 6.61 Å². The van der Waals surface area contributed by atoms with E-state index in [9.17, 15) is 14.0 Å². The van der Waals surface area contributed by atoms with Crippen molar-refractivity contribution in [3.8, 4) is 17.6 Å². The molecule has 0 saturated heterocycles. The van der Waals surface area contributed by atoms with Crippen molar-refractivity contribution in [2.24, 2.45) is 5.92 Å². The molecule has 0 amide bonds. The molecule has 1 unspecified atom stereocenters. The van der Waals surface area contributed by atoms with Crippen LogP contribution in [-0.2, 0) is 5.41 Å². The second kappa shape index (κ2) is 7.63. The molecule has 1 atom stereocenters. The molecule has 0 N–H and O–H groups in total. The van der Waals surface area contributed by atoms with E-state index >= 15 is 0 Å². The topological polar surface area (TPSA) is 42.2 Å². The van der Waals surface area contributed by atoms with Crippen LogP contribution < -0.4 is 9.47 Å². The van der Waals surface area contributed by atoms with Crippen LogP contribution in [0.5, 0.6) is 11.5 Å². The van der Waals surface area contributed by atoms with Crippen LogP contribution in [0.2, 0.25) is 0 Å². The van der Waals surface area contributed by atoms with Gasteiger partial charge < -0.3 is 9.47 Å². The fraction of sp³-hybridized carbons (Fsp3) is 0.611. The Morgan fingerprint density at radius 3 is 2.57 bits per heavy atom. The first-order chi connectivity index (χ1) is 11.0. The Morgan fingerprint density at radius 2 is 2.04 bits per heavy atom. The molecule has 126 valence electrons. The van der Waals surface area contributed by atoms with Crippen LogP contribution in [0, 0.1) is 17.2 Å². The molecular weight excluding hydrogens is 300 g/mol. The largest absolute Gasteiger partial charge is 0.489 e. The minimum atomic E-state index is -2.90. The number of hydrogen-bond acceptors (Lipinski definition) is 3. The minimum absolute atomic E-state index is 0.0313. The molecule has 1 aliphatic carbocycles. The summed E-state index contributed by atoms with van der Waals surface area (Å²) in [7, 11) is 0. The minimum Gasteiger partial charge on any atom is -0.489 e. The molecule has 1 aromatic rings. The highest BCUT2D eigenvalue weighted by Gasteiger charge is 2.31. The van der Waals surface area contributed by atoms with Crippen molar-refractivity contribution in [1.82, 2.24) is 0 Å². The molecule has 0 radical (unpaired) electrons. The van der Waals surface area contributed by atoms with Crippen molar-refractivity contribution in [2.45, 2.75) is 58.0 Å². The molecule has 1 aliphatic rings.